The lowest BCUT2D eigenvalue weighted by atomic mass is 10.2. The van der Waals surface area contributed by atoms with Crippen molar-refractivity contribution in [1.29, 1.82) is 5.26 Å². The van der Waals surface area contributed by atoms with Crippen LogP contribution in [0.2, 0.25) is 0 Å². The van der Waals surface area contributed by atoms with Crippen LogP contribution in [0.4, 0.5) is 0 Å². The molecule has 0 aliphatic rings. The van der Waals surface area contributed by atoms with Gasteiger partial charge in [-0.15, -0.1) is 0 Å². The normalized spacial score (nSPS) is 12.1. The van der Waals surface area contributed by atoms with Crippen LogP contribution >= 0.6 is 0 Å². The molecular formula is C12H16N2O. The van der Waals surface area contributed by atoms with Crippen molar-refractivity contribution < 1.29 is 4.74 Å². The van der Waals surface area contributed by atoms with Gasteiger partial charge in [0.2, 0.25) is 0 Å². The van der Waals surface area contributed by atoms with E-state index in [4.69, 9.17) is 10.00 Å². The van der Waals surface area contributed by atoms with Crippen molar-refractivity contribution in [3.05, 3.63) is 29.6 Å². The Morgan fingerprint density at radius 2 is 2.40 bits per heavy atom. The van der Waals surface area contributed by atoms with E-state index in [1.165, 1.54) is 0 Å². The Morgan fingerprint density at radius 3 is 3.07 bits per heavy atom. The second-order valence-electron chi connectivity index (χ2n) is 3.57. The van der Waals surface area contributed by atoms with Crippen LogP contribution in [0.1, 0.15) is 37.9 Å². The van der Waals surface area contributed by atoms with Crippen LogP contribution in [0.25, 0.3) is 0 Å². The lowest BCUT2D eigenvalue weighted by Gasteiger charge is -2.11. The maximum absolute atomic E-state index is 8.67. The molecule has 0 amide bonds. The lowest BCUT2D eigenvalue weighted by Crippen LogP contribution is -2.07. The molecule has 0 aliphatic carbocycles. The van der Waals surface area contributed by atoms with Crippen molar-refractivity contribution in [2.75, 3.05) is 0 Å². The fourth-order valence-electron chi connectivity index (χ4n) is 1.35. The van der Waals surface area contributed by atoms with Gasteiger partial charge in [0, 0.05) is 6.20 Å². The zero-order chi connectivity index (χ0) is 11.1. The smallest absolute Gasteiger partial charge is 0.140 e. The second-order valence-corrected chi connectivity index (χ2v) is 3.57. The van der Waals surface area contributed by atoms with Gasteiger partial charge < -0.3 is 4.74 Å². The van der Waals surface area contributed by atoms with E-state index in [0.717, 1.165) is 18.4 Å². The highest BCUT2D eigenvalue weighted by Gasteiger charge is 2.02. The molecule has 0 fully saturated rings. The minimum atomic E-state index is 0.272. The van der Waals surface area contributed by atoms with Gasteiger partial charge in [0.15, 0.2) is 0 Å². The number of rotatable bonds is 5. The molecular weight excluding hydrogens is 188 g/mol. The molecule has 80 valence electrons. The fraction of sp³-hybridized carbons (Fsp3) is 0.500. The van der Waals surface area contributed by atoms with E-state index < -0.39 is 0 Å². The van der Waals surface area contributed by atoms with E-state index >= 15 is 0 Å². The molecule has 1 aromatic rings. The molecule has 3 heteroatoms. The van der Waals surface area contributed by atoms with Gasteiger partial charge in [-0.3, -0.25) is 0 Å². The van der Waals surface area contributed by atoms with E-state index in [-0.39, 0.29) is 6.10 Å². The quantitative estimate of drug-likeness (QED) is 0.740. The Morgan fingerprint density at radius 1 is 1.60 bits per heavy atom. The Kier molecular flexibility index (Phi) is 4.79. The van der Waals surface area contributed by atoms with Crippen molar-refractivity contribution >= 4 is 0 Å². The van der Waals surface area contributed by atoms with Crippen LogP contribution in [0.5, 0.6) is 0 Å². The van der Waals surface area contributed by atoms with E-state index in [1.807, 2.05) is 12.1 Å². The molecule has 1 rings (SSSR count). The molecule has 1 atom stereocenters. The van der Waals surface area contributed by atoms with Gasteiger partial charge in [-0.05, 0) is 31.0 Å². The number of hydrogen-bond acceptors (Lipinski definition) is 3. The summed E-state index contributed by atoms with van der Waals surface area (Å²) >= 11 is 0. The average molecular weight is 204 g/mol. The van der Waals surface area contributed by atoms with Crippen molar-refractivity contribution in [2.45, 2.75) is 39.4 Å². The molecule has 0 saturated heterocycles. The first-order chi connectivity index (χ1) is 7.26. The molecule has 1 aromatic heterocycles. The SMILES string of the molecule is CCCC(C)OCc1ccnc(C#N)c1. The maximum atomic E-state index is 8.67. The van der Waals surface area contributed by atoms with Gasteiger partial charge in [0.05, 0.1) is 12.7 Å². The molecule has 0 saturated carbocycles. The molecule has 1 unspecified atom stereocenters. The van der Waals surface area contributed by atoms with Crippen molar-refractivity contribution in [3.8, 4) is 6.07 Å². The summed E-state index contributed by atoms with van der Waals surface area (Å²) in [5, 5.41) is 8.67. The van der Waals surface area contributed by atoms with E-state index in [0.29, 0.717) is 12.3 Å². The van der Waals surface area contributed by atoms with Crippen LogP contribution in [-0.4, -0.2) is 11.1 Å². The van der Waals surface area contributed by atoms with Crippen molar-refractivity contribution in [2.24, 2.45) is 0 Å². The number of nitrogens with zero attached hydrogens (tertiary/aromatic N) is 2. The second kappa shape index (κ2) is 6.15. The summed E-state index contributed by atoms with van der Waals surface area (Å²) in [5.74, 6) is 0. The highest BCUT2D eigenvalue weighted by molar-refractivity contribution is 5.24. The highest BCUT2D eigenvalue weighted by atomic mass is 16.5. The first kappa shape index (κ1) is 11.7. The lowest BCUT2D eigenvalue weighted by molar-refractivity contribution is 0.0471. The number of hydrogen-bond donors (Lipinski definition) is 0. The predicted molar refractivity (Wildman–Crippen MR) is 58.1 cm³/mol. The van der Waals surface area contributed by atoms with Crippen molar-refractivity contribution in [3.63, 3.8) is 0 Å². The number of aromatic nitrogens is 1. The third-order valence-electron chi connectivity index (χ3n) is 2.17. The summed E-state index contributed by atoms with van der Waals surface area (Å²) < 4.78 is 5.63. The van der Waals surface area contributed by atoms with Crippen LogP contribution in [-0.2, 0) is 11.3 Å². The van der Waals surface area contributed by atoms with Gasteiger partial charge in [0.25, 0.3) is 0 Å². The molecule has 0 spiro atoms. The van der Waals surface area contributed by atoms with Crippen LogP contribution in [0.15, 0.2) is 18.3 Å². The molecule has 0 N–H and O–H groups in total. The Labute approximate surface area is 90.7 Å². The van der Waals surface area contributed by atoms with Gasteiger partial charge >= 0.3 is 0 Å². The summed E-state index contributed by atoms with van der Waals surface area (Å²) in [6.07, 6.45) is 4.10. The van der Waals surface area contributed by atoms with E-state index in [2.05, 4.69) is 18.8 Å². The van der Waals surface area contributed by atoms with Gasteiger partial charge in [-0.1, -0.05) is 13.3 Å². The third-order valence-corrected chi connectivity index (χ3v) is 2.17. The zero-order valence-corrected chi connectivity index (χ0v) is 9.23. The van der Waals surface area contributed by atoms with Gasteiger partial charge in [0.1, 0.15) is 11.8 Å². The summed E-state index contributed by atoms with van der Waals surface area (Å²) in [6.45, 7) is 4.76. The van der Waals surface area contributed by atoms with E-state index in [9.17, 15) is 0 Å². The molecule has 1 heterocycles. The maximum Gasteiger partial charge on any atom is 0.140 e. The molecule has 0 aliphatic heterocycles. The zero-order valence-electron chi connectivity index (χ0n) is 9.23. The van der Waals surface area contributed by atoms with Gasteiger partial charge in [-0.25, -0.2) is 4.98 Å². The number of ether oxygens (including phenoxy) is 1. The first-order valence-corrected chi connectivity index (χ1v) is 5.23. The van der Waals surface area contributed by atoms with Crippen LogP contribution < -0.4 is 0 Å². The third kappa shape index (κ3) is 4.09. The minimum absolute atomic E-state index is 0.272. The standard InChI is InChI=1S/C12H16N2O/c1-3-4-10(2)15-9-11-5-6-14-12(7-11)8-13/h5-7,10H,3-4,9H2,1-2H3. The first-order valence-electron chi connectivity index (χ1n) is 5.23. The molecule has 0 bridgehead atoms. The van der Waals surface area contributed by atoms with Crippen LogP contribution in [0, 0.1) is 11.3 Å². The van der Waals surface area contributed by atoms with E-state index in [1.54, 1.807) is 12.3 Å². The highest BCUT2D eigenvalue weighted by Crippen LogP contribution is 2.07. The molecule has 0 aromatic carbocycles. The topological polar surface area (TPSA) is 45.9 Å². The van der Waals surface area contributed by atoms with Gasteiger partial charge in [-0.2, -0.15) is 5.26 Å². The number of pyridine rings is 1. The molecule has 3 nitrogen and oxygen atoms in total. The predicted octanol–water partition coefficient (Wildman–Crippen LogP) is 2.66. The average Bonchev–Trinajstić information content (AvgIpc) is 2.27. The Hall–Kier alpha value is -1.40. The van der Waals surface area contributed by atoms with Crippen molar-refractivity contribution in [1.82, 2.24) is 4.98 Å². The largest absolute Gasteiger partial charge is 0.374 e. The Bertz CT molecular complexity index is 344. The molecule has 0 radical (unpaired) electrons. The van der Waals surface area contributed by atoms with Crippen LogP contribution in [0.3, 0.4) is 0 Å². The Balaban J connectivity index is 2.47. The summed E-state index contributed by atoms with van der Waals surface area (Å²) in [5.41, 5.74) is 1.45. The fourth-order valence-corrected chi connectivity index (χ4v) is 1.35. The summed E-state index contributed by atoms with van der Waals surface area (Å²) in [4.78, 5) is 3.90. The minimum Gasteiger partial charge on any atom is -0.374 e. The summed E-state index contributed by atoms with van der Waals surface area (Å²) in [7, 11) is 0. The molecule has 15 heavy (non-hydrogen) atoms. The monoisotopic (exact) mass is 204 g/mol. The summed E-state index contributed by atoms with van der Waals surface area (Å²) in [6, 6.07) is 5.65. The number of nitriles is 1.